The molecular weight excluding hydrogens is 276 g/mol. The minimum absolute atomic E-state index is 0.00960. The molecule has 0 aliphatic carbocycles. The normalized spacial score (nSPS) is 14.0. The van der Waals surface area contributed by atoms with Gasteiger partial charge in [-0.25, -0.2) is 0 Å². The molecule has 0 saturated carbocycles. The number of carbonyl (C=O) groups excluding carboxylic acids is 1. The average Bonchev–Trinajstić information content (AvgIpc) is 2.84. The van der Waals surface area contributed by atoms with Crippen LogP contribution >= 0.6 is 0 Å². The highest BCUT2D eigenvalue weighted by Gasteiger charge is 2.21. The summed E-state index contributed by atoms with van der Waals surface area (Å²) in [6.07, 6.45) is 4.88. The van der Waals surface area contributed by atoms with E-state index >= 15 is 0 Å². The zero-order valence-electron chi connectivity index (χ0n) is 12.0. The lowest BCUT2D eigenvalue weighted by Gasteiger charge is -2.04. The molecule has 1 aliphatic heterocycles. The van der Waals surface area contributed by atoms with Gasteiger partial charge in [-0.1, -0.05) is 24.3 Å². The number of pyridine rings is 1. The molecule has 4 heteroatoms. The molecule has 0 atom stereocenters. The van der Waals surface area contributed by atoms with Crippen LogP contribution in [0.3, 0.4) is 0 Å². The quantitative estimate of drug-likeness (QED) is 0.762. The van der Waals surface area contributed by atoms with Gasteiger partial charge in [-0.3, -0.25) is 4.79 Å². The smallest absolute Gasteiger partial charge is 0.253 e. The fourth-order valence-electron chi connectivity index (χ4n) is 3.17. The maximum Gasteiger partial charge on any atom is 0.253 e. The number of rotatable bonds is 2. The average molecular weight is 292 g/mol. The minimum Gasteiger partial charge on any atom is -0.392 e. The van der Waals surface area contributed by atoms with Crippen molar-refractivity contribution in [3.63, 3.8) is 0 Å². The summed E-state index contributed by atoms with van der Waals surface area (Å²) in [6.45, 7) is 0.697. The van der Waals surface area contributed by atoms with Crippen LogP contribution in [0.2, 0.25) is 0 Å². The molecule has 1 aliphatic rings. The Morgan fingerprint density at radius 1 is 1.14 bits per heavy atom. The van der Waals surface area contributed by atoms with Crippen molar-refractivity contribution < 1.29 is 9.90 Å². The summed E-state index contributed by atoms with van der Waals surface area (Å²) in [5.41, 5.74) is 6.08. The summed E-state index contributed by atoms with van der Waals surface area (Å²) in [7, 11) is 0. The van der Waals surface area contributed by atoms with Crippen LogP contribution in [-0.2, 0) is 13.0 Å². The van der Waals surface area contributed by atoms with Gasteiger partial charge in [0.25, 0.3) is 5.91 Å². The minimum atomic E-state index is -0.00960. The molecule has 2 aromatic heterocycles. The topological polar surface area (TPSA) is 53.7 Å². The van der Waals surface area contributed by atoms with Crippen molar-refractivity contribution >= 4 is 11.4 Å². The number of aliphatic hydroxyl groups excluding tert-OH is 1. The van der Waals surface area contributed by atoms with Gasteiger partial charge in [0.2, 0.25) is 0 Å². The number of aromatic nitrogens is 1. The summed E-state index contributed by atoms with van der Waals surface area (Å²) >= 11 is 0. The molecule has 4 nitrogen and oxygen atoms in total. The molecular formula is C18H16N2O2. The van der Waals surface area contributed by atoms with Crippen molar-refractivity contribution in [3.8, 4) is 11.1 Å². The molecule has 0 radical (unpaired) electrons. The van der Waals surface area contributed by atoms with Gasteiger partial charge in [0.1, 0.15) is 0 Å². The first-order valence-corrected chi connectivity index (χ1v) is 7.39. The summed E-state index contributed by atoms with van der Waals surface area (Å²) in [5, 5.41) is 12.1. The van der Waals surface area contributed by atoms with Crippen LogP contribution < -0.4 is 5.32 Å². The van der Waals surface area contributed by atoms with Crippen molar-refractivity contribution in [1.29, 1.82) is 0 Å². The first kappa shape index (κ1) is 13.1. The molecule has 110 valence electrons. The van der Waals surface area contributed by atoms with Crippen LogP contribution in [0, 0.1) is 0 Å². The molecule has 22 heavy (non-hydrogen) atoms. The number of nitrogens with one attached hydrogen (secondary N) is 1. The standard InChI is InChI=1S/C18H16N2O2/c21-11-12-3-5-13(6-4-12)16-10-20-9-1-2-15-17(20)14(16)7-8-19-18(15)22/h1-6,9-10,21H,7-8,11H2,(H,19,22). The van der Waals surface area contributed by atoms with Gasteiger partial charge >= 0.3 is 0 Å². The predicted octanol–water partition coefficient (Wildman–Crippen LogP) is 2.38. The lowest BCUT2D eigenvalue weighted by atomic mass is 9.99. The van der Waals surface area contributed by atoms with Gasteiger partial charge in [-0.15, -0.1) is 0 Å². The van der Waals surface area contributed by atoms with Crippen molar-refractivity contribution in [2.75, 3.05) is 6.54 Å². The van der Waals surface area contributed by atoms with Gasteiger partial charge < -0.3 is 14.8 Å². The highest BCUT2D eigenvalue weighted by Crippen LogP contribution is 2.32. The molecule has 0 fully saturated rings. The van der Waals surface area contributed by atoms with Crippen LogP contribution in [0.1, 0.15) is 21.5 Å². The predicted molar refractivity (Wildman–Crippen MR) is 84.8 cm³/mol. The second-order valence-electron chi connectivity index (χ2n) is 5.56. The second-order valence-corrected chi connectivity index (χ2v) is 5.56. The molecule has 0 bridgehead atoms. The Morgan fingerprint density at radius 2 is 1.95 bits per heavy atom. The first-order valence-electron chi connectivity index (χ1n) is 7.39. The molecule has 4 rings (SSSR count). The van der Waals surface area contributed by atoms with Crippen LogP contribution in [0.15, 0.2) is 48.8 Å². The first-order chi connectivity index (χ1) is 10.8. The lowest BCUT2D eigenvalue weighted by molar-refractivity contribution is 0.0957. The van der Waals surface area contributed by atoms with Crippen LogP contribution in [-0.4, -0.2) is 22.0 Å². The van der Waals surface area contributed by atoms with Gasteiger partial charge in [0, 0.05) is 24.5 Å². The Hall–Kier alpha value is -2.59. The zero-order chi connectivity index (χ0) is 15.1. The fraction of sp³-hybridized carbons (Fsp3) is 0.167. The molecule has 1 amide bonds. The third-order valence-corrected chi connectivity index (χ3v) is 4.25. The van der Waals surface area contributed by atoms with E-state index in [1.807, 2.05) is 47.0 Å². The van der Waals surface area contributed by atoms with E-state index in [4.69, 9.17) is 0 Å². The summed E-state index contributed by atoms with van der Waals surface area (Å²) in [4.78, 5) is 12.2. The van der Waals surface area contributed by atoms with Crippen LogP contribution in [0.5, 0.6) is 0 Å². The maximum absolute atomic E-state index is 12.2. The Bertz CT molecular complexity index is 863. The van der Waals surface area contributed by atoms with Crippen molar-refractivity contribution in [2.45, 2.75) is 13.0 Å². The van der Waals surface area contributed by atoms with Gasteiger partial charge in [0.05, 0.1) is 17.7 Å². The highest BCUT2D eigenvalue weighted by atomic mass is 16.3. The van der Waals surface area contributed by atoms with Crippen molar-refractivity contribution in [1.82, 2.24) is 9.72 Å². The SMILES string of the molecule is O=C1NCCc2c(-c3ccc(CO)cc3)cn3cccc1c23. The number of aliphatic hydroxyl groups is 1. The molecule has 1 aromatic carbocycles. The van der Waals surface area contributed by atoms with Crippen molar-refractivity contribution in [2.24, 2.45) is 0 Å². The highest BCUT2D eigenvalue weighted by molar-refractivity contribution is 6.03. The van der Waals surface area contributed by atoms with Gasteiger partial charge in [-0.2, -0.15) is 0 Å². The fourth-order valence-corrected chi connectivity index (χ4v) is 3.17. The molecule has 2 N–H and O–H groups in total. The number of carbonyl (C=O) groups is 1. The van der Waals surface area contributed by atoms with E-state index in [1.165, 1.54) is 5.56 Å². The number of benzene rings is 1. The summed E-state index contributed by atoms with van der Waals surface area (Å²) in [5.74, 6) is -0.00960. The maximum atomic E-state index is 12.2. The van der Waals surface area contributed by atoms with E-state index in [1.54, 1.807) is 0 Å². The number of nitrogens with zero attached hydrogens (tertiary/aromatic N) is 1. The third kappa shape index (κ3) is 1.92. The molecule has 0 spiro atoms. The molecule has 0 unspecified atom stereocenters. The Labute approximate surface area is 128 Å². The number of hydrogen-bond acceptors (Lipinski definition) is 2. The molecule has 3 aromatic rings. The Balaban J connectivity index is 1.96. The van der Waals surface area contributed by atoms with E-state index in [9.17, 15) is 9.90 Å². The second kappa shape index (κ2) is 5.00. The third-order valence-electron chi connectivity index (χ3n) is 4.25. The molecule has 0 saturated heterocycles. The van der Waals surface area contributed by atoms with Crippen molar-refractivity contribution in [3.05, 3.63) is 65.5 Å². The summed E-state index contributed by atoms with van der Waals surface area (Å²) < 4.78 is 2.03. The van der Waals surface area contributed by atoms with E-state index in [2.05, 4.69) is 11.5 Å². The van der Waals surface area contributed by atoms with Gasteiger partial charge in [0.15, 0.2) is 0 Å². The largest absolute Gasteiger partial charge is 0.392 e. The van der Waals surface area contributed by atoms with E-state index in [0.717, 1.165) is 34.2 Å². The van der Waals surface area contributed by atoms with E-state index in [0.29, 0.717) is 6.54 Å². The monoisotopic (exact) mass is 292 g/mol. The number of amides is 1. The number of hydrogen-bond donors (Lipinski definition) is 2. The molecule has 3 heterocycles. The summed E-state index contributed by atoms with van der Waals surface area (Å²) in [6, 6.07) is 11.7. The zero-order valence-corrected chi connectivity index (χ0v) is 12.0. The van der Waals surface area contributed by atoms with Crippen LogP contribution in [0.4, 0.5) is 0 Å². The van der Waals surface area contributed by atoms with Gasteiger partial charge in [-0.05, 0) is 35.2 Å². The Kier molecular flexibility index (Phi) is 2.98. The van der Waals surface area contributed by atoms with E-state index in [-0.39, 0.29) is 12.5 Å². The van der Waals surface area contributed by atoms with E-state index < -0.39 is 0 Å². The van der Waals surface area contributed by atoms with Crippen LogP contribution in [0.25, 0.3) is 16.6 Å². The Morgan fingerprint density at radius 3 is 2.73 bits per heavy atom. The lowest BCUT2D eigenvalue weighted by Crippen LogP contribution is -2.23.